The molecule has 7 heteroatoms. The second-order valence-electron chi connectivity index (χ2n) is 5.75. The lowest BCUT2D eigenvalue weighted by Gasteiger charge is -2.28. The van der Waals surface area contributed by atoms with Gasteiger partial charge in [-0.25, -0.2) is 9.97 Å². The molecule has 0 aliphatic rings. The highest BCUT2D eigenvalue weighted by atomic mass is 35.5. The summed E-state index contributed by atoms with van der Waals surface area (Å²) >= 11 is 0. The number of anilines is 1. The molecule has 0 saturated heterocycles. The summed E-state index contributed by atoms with van der Waals surface area (Å²) < 4.78 is 5.60. The number of ether oxygens (including phenoxy) is 1. The third kappa shape index (κ3) is 5.14. The topological polar surface area (TPSA) is 90.1 Å². The number of aromatic nitrogens is 2. The van der Waals surface area contributed by atoms with E-state index in [0.29, 0.717) is 36.8 Å². The summed E-state index contributed by atoms with van der Waals surface area (Å²) in [5.41, 5.74) is 6.83. The smallest absolute Gasteiger partial charge is 0.322 e. The molecule has 0 atom stereocenters. The third-order valence-corrected chi connectivity index (χ3v) is 4.32. The molecule has 1 aromatic carbocycles. The van der Waals surface area contributed by atoms with Crippen LogP contribution in [-0.2, 0) is 4.79 Å². The maximum Gasteiger partial charge on any atom is 0.322 e. The maximum absolute atomic E-state index is 12.5. The molecule has 1 aromatic heterocycles. The van der Waals surface area contributed by atoms with E-state index in [1.54, 1.807) is 36.5 Å². The van der Waals surface area contributed by atoms with Crippen molar-refractivity contribution in [1.82, 2.24) is 9.97 Å². The number of nitrogens with one attached hydrogen (secondary N) is 1. The van der Waals surface area contributed by atoms with Gasteiger partial charge >= 0.3 is 6.01 Å². The molecule has 0 bridgehead atoms. The number of hydrogen-bond acceptors (Lipinski definition) is 5. The highest BCUT2D eigenvalue weighted by Gasteiger charge is 2.33. The summed E-state index contributed by atoms with van der Waals surface area (Å²) in [4.78, 5) is 20.7. The molecule has 3 N–H and O–H groups in total. The van der Waals surface area contributed by atoms with E-state index in [9.17, 15) is 4.79 Å². The molecule has 0 spiro atoms. The molecule has 0 aliphatic heterocycles. The SMILES string of the molecule is CCC(CC)(CN)C(=O)Nc1ccc(Oc2nccc(C)n2)cc1.Cl. The van der Waals surface area contributed by atoms with Gasteiger partial charge in [0.05, 0.1) is 5.41 Å². The van der Waals surface area contributed by atoms with E-state index < -0.39 is 5.41 Å². The van der Waals surface area contributed by atoms with Gasteiger partial charge in [0.15, 0.2) is 0 Å². The summed E-state index contributed by atoms with van der Waals surface area (Å²) in [7, 11) is 0. The Hall–Kier alpha value is -2.18. The molecule has 1 heterocycles. The Morgan fingerprint density at radius 3 is 2.36 bits per heavy atom. The average molecular weight is 365 g/mol. The van der Waals surface area contributed by atoms with Gasteiger partial charge in [-0.05, 0) is 50.1 Å². The van der Waals surface area contributed by atoms with E-state index in [2.05, 4.69) is 15.3 Å². The lowest BCUT2D eigenvalue weighted by molar-refractivity contribution is -0.125. The first-order valence-corrected chi connectivity index (χ1v) is 8.12. The lowest BCUT2D eigenvalue weighted by atomic mass is 9.81. The molecule has 136 valence electrons. The molecule has 1 amide bonds. The third-order valence-electron chi connectivity index (χ3n) is 4.32. The van der Waals surface area contributed by atoms with Crippen LogP contribution < -0.4 is 15.8 Å². The predicted octanol–water partition coefficient (Wildman–Crippen LogP) is 3.70. The number of benzene rings is 1. The summed E-state index contributed by atoms with van der Waals surface area (Å²) in [6.07, 6.45) is 3.06. The van der Waals surface area contributed by atoms with Gasteiger partial charge in [0, 0.05) is 24.1 Å². The number of aryl methyl sites for hydroxylation is 1. The molecule has 0 radical (unpaired) electrons. The van der Waals surface area contributed by atoms with Crippen LogP contribution in [0.3, 0.4) is 0 Å². The number of nitrogens with zero attached hydrogens (tertiary/aromatic N) is 2. The van der Waals surface area contributed by atoms with Crippen LogP contribution in [0.1, 0.15) is 32.4 Å². The predicted molar refractivity (Wildman–Crippen MR) is 101 cm³/mol. The minimum atomic E-state index is -0.523. The van der Waals surface area contributed by atoms with Crippen LogP contribution in [0.25, 0.3) is 0 Å². The highest BCUT2D eigenvalue weighted by Crippen LogP contribution is 2.27. The summed E-state index contributed by atoms with van der Waals surface area (Å²) in [5.74, 6) is 0.556. The van der Waals surface area contributed by atoms with Crippen molar-refractivity contribution in [3.05, 3.63) is 42.2 Å². The molecule has 0 unspecified atom stereocenters. The van der Waals surface area contributed by atoms with E-state index in [1.807, 2.05) is 20.8 Å². The van der Waals surface area contributed by atoms with Crippen LogP contribution in [0.4, 0.5) is 5.69 Å². The fourth-order valence-corrected chi connectivity index (χ4v) is 2.40. The van der Waals surface area contributed by atoms with E-state index in [1.165, 1.54) is 0 Å². The zero-order valence-electron chi connectivity index (χ0n) is 14.8. The summed E-state index contributed by atoms with van der Waals surface area (Å²) in [5, 5.41) is 2.93. The Bertz CT molecular complexity index is 679. The zero-order valence-corrected chi connectivity index (χ0v) is 15.6. The number of halogens is 1. The first-order valence-electron chi connectivity index (χ1n) is 8.12. The molecular weight excluding hydrogens is 340 g/mol. The second-order valence-corrected chi connectivity index (χ2v) is 5.75. The molecule has 2 rings (SSSR count). The molecule has 6 nitrogen and oxygen atoms in total. The van der Waals surface area contributed by atoms with Gasteiger partial charge in [-0.1, -0.05) is 13.8 Å². The van der Waals surface area contributed by atoms with Crippen molar-refractivity contribution in [2.75, 3.05) is 11.9 Å². The Balaban J connectivity index is 0.00000312. The molecule has 25 heavy (non-hydrogen) atoms. The van der Waals surface area contributed by atoms with Gasteiger partial charge < -0.3 is 15.8 Å². The van der Waals surface area contributed by atoms with Gasteiger partial charge in [0.1, 0.15) is 5.75 Å². The highest BCUT2D eigenvalue weighted by molar-refractivity contribution is 5.95. The molecule has 2 aromatic rings. The lowest BCUT2D eigenvalue weighted by Crippen LogP contribution is -2.41. The van der Waals surface area contributed by atoms with Gasteiger partial charge in [-0.2, -0.15) is 0 Å². The van der Waals surface area contributed by atoms with Crippen molar-refractivity contribution in [2.24, 2.45) is 11.1 Å². The Morgan fingerprint density at radius 1 is 1.20 bits per heavy atom. The molecule has 0 saturated carbocycles. The van der Waals surface area contributed by atoms with Gasteiger partial charge in [-0.3, -0.25) is 4.79 Å². The van der Waals surface area contributed by atoms with Crippen molar-refractivity contribution >= 4 is 24.0 Å². The first-order chi connectivity index (χ1) is 11.5. The Kier molecular flexibility index (Phi) is 7.80. The first kappa shape index (κ1) is 20.9. The minimum Gasteiger partial charge on any atom is -0.424 e. The van der Waals surface area contributed by atoms with E-state index in [4.69, 9.17) is 10.5 Å². The van der Waals surface area contributed by atoms with Gasteiger partial charge in [0.2, 0.25) is 5.91 Å². The number of carbonyl (C=O) groups excluding carboxylic acids is 1. The number of rotatable bonds is 7. The van der Waals surface area contributed by atoms with E-state index >= 15 is 0 Å². The van der Waals surface area contributed by atoms with E-state index in [0.717, 1.165) is 5.69 Å². The minimum absolute atomic E-state index is 0. The van der Waals surface area contributed by atoms with Crippen LogP contribution in [0.2, 0.25) is 0 Å². The fraction of sp³-hybridized carbons (Fsp3) is 0.389. The van der Waals surface area contributed by atoms with E-state index in [-0.39, 0.29) is 18.3 Å². The molecule has 0 fully saturated rings. The molecular formula is C18H25ClN4O2. The van der Waals surface area contributed by atoms with Crippen molar-refractivity contribution < 1.29 is 9.53 Å². The average Bonchev–Trinajstić information content (AvgIpc) is 2.59. The summed E-state index contributed by atoms with van der Waals surface area (Å²) in [6, 6.07) is 9.21. The quantitative estimate of drug-likeness (QED) is 0.781. The van der Waals surface area contributed by atoms with Crippen LogP contribution in [0, 0.1) is 12.3 Å². The standard InChI is InChI=1S/C18H24N4O2.ClH/c1-4-18(5-2,12-19)16(23)22-14-6-8-15(9-7-14)24-17-20-11-10-13(3)21-17;/h6-11H,4-5,12,19H2,1-3H3,(H,22,23);1H. The van der Waals surface area contributed by atoms with Crippen molar-refractivity contribution in [2.45, 2.75) is 33.6 Å². The van der Waals surface area contributed by atoms with Crippen molar-refractivity contribution in [3.8, 4) is 11.8 Å². The van der Waals surface area contributed by atoms with Gasteiger partial charge in [-0.15, -0.1) is 12.4 Å². The Morgan fingerprint density at radius 2 is 1.84 bits per heavy atom. The van der Waals surface area contributed by atoms with Crippen molar-refractivity contribution in [1.29, 1.82) is 0 Å². The fourth-order valence-electron chi connectivity index (χ4n) is 2.40. The number of nitrogens with two attached hydrogens (primary N) is 1. The largest absolute Gasteiger partial charge is 0.424 e. The monoisotopic (exact) mass is 364 g/mol. The number of carbonyl (C=O) groups is 1. The summed E-state index contributed by atoms with van der Waals surface area (Å²) in [6.45, 7) is 6.17. The maximum atomic E-state index is 12.5. The number of amides is 1. The van der Waals surface area contributed by atoms with Crippen molar-refractivity contribution in [3.63, 3.8) is 0 Å². The van der Waals surface area contributed by atoms with Crippen LogP contribution >= 0.6 is 12.4 Å². The number of hydrogen-bond donors (Lipinski definition) is 2. The van der Waals surface area contributed by atoms with Crippen LogP contribution in [0.15, 0.2) is 36.5 Å². The molecule has 0 aliphatic carbocycles. The van der Waals surface area contributed by atoms with Crippen LogP contribution in [0.5, 0.6) is 11.8 Å². The van der Waals surface area contributed by atoms with Crippen LogP contribution in [-0.4, -0.2) is 22.4 Å². The van der Waals surface area contributed by atoms with Gasteiger partial charge in [0.25, 0.3) is 0 Å². The second kappa shape index (κ2) is 9.34. The zero-order chi connectivity index (χ0) is 17.6. The Labute approximate surface area is 154 Å². The normalized spacial score (nSPS) is 10.7.